The first-order valence-electron chi connectivity index (χ1n) is 8.80. The summed E-state index contributed by atoms with van der Waals surface area (Å²) < 4.78 is 40.2. The van der Waals surface area contributed by atoms with Gasteiger partial charge in [0.15, 0.2) is 5.96 Å². The molecule has 1 aromatic carbocycles. The Labute approximate surface area is 177 Å². The highest BCUT2D eigenvalue weighted by atomic mass is 127. The van der Waals surface area contributed by atoms with Crippen molar-refractivity contribution in [3.05, 3.63) is 29.8 Å². The molecule has 0 unspecified atom stereocenters. The van der Waals surface area contributed by atoms with Gasteiger partial charge in [-0.05, 0) is 12.5 Å². The van der Waals surface area contributed by atoms with Gasteiger partial charge in [0, 0.05) is 32.3 Å². The molecule has 0 aliphatic heterocycles. The quantitative estimate of drug-likeness (QED) is 0.188. The molecule has 0 saturated heterocycles. The average Bonchev–Trinajstić information content (AvgIpc) is 2.63. The van der Waals surface area contributed by atoms with E-state index in [0.717, 1.165) is 19.4 Å². The van der Waals surface area contributed by atoms with Crippen LogP contribution in [0.25, 0.3) is 0 Å². The fourth-order valence-corrected chi connectivity index (χ4v) is 2.07. The van der Waals surface area contributed by atoms with Crippen LogP contribution in [0.2, 0.25) is 0 Å². The van der Waals surface area contributed by atoms with Gasteiger partial charge in [-0.2, -0.15) is 8.78 Å². The highest BCUT2D eigenvalue weighted by Crippen LogP contribution is 2.19. The topological polar surface area (TPSA) is 64.1 Å². The molecule has 9 heteroatoms. The predicted octanol–water partition coefficient (Wildman–Crippen LogP) is 3.40. The molecule has 6 nitrogen and oxygen atoms in total. The predicted molar refractivity (Wildman–Crippen MR) is 113 cm³/mol. The van der Waals surface area contributed by atoms with Gasteiger partial charge < -0.3 is 24.8 Å². The van der Waals surface area contributed by atoms with Crippen molar-refractivity contribution in [2.24, 2.45) is 4.99 Å². The molecule has 0 radical (unpaired) electrons. The number of nitrogens with one attached hydrogen (secondary N) is 2. The molecule has 156 valence electrons. The van der Waals surface area contributed by atoms with E-state index in [1.807, 2.05) is 0 Å². The van der Waals surface area contributed by atoms with E-state index in [1.54, 1.807) is 25.2 Å². The maximum Gasteiger partial charge on any atom is 0.387 e. The van der Waals surface area contributed by atoms with E-state index in [0.29, 0.717) is 44.4 Å². The summed E-state index contributed by atoms with van der Waals surface area (Å²) in [6.07, 6.45) is 2.19. The standard InChI is InChI=1S/C18H29F2N3O3.HI/c1-3-4-10-24-12-13-25-11-9-22-18(21-2)23-14-15-7-5-6-8-16(15)26-17(19)20;/h5-8,17H,3-4,9-14H2,1-2H3,(H2,21,22,23);1H. The lowest BCUT2D eigenvalue weighted by molar-refractivity contribution is -0.0504. The minimum atomic E-state index is -2.85. The molecule has 1 rings (SSSR count). The van der Waals surface area contributed by atoms with E-state index in [2.05, 4.69) is 27.3 Å². The van der Waals surface area contributed by atoms with Gasteiger partial charge in [-0.15, -0.1) is 24.0 Å². The van der Waals surface area contributed by atoms with E-state index >= 15 is 0 Å². The van der Waals surface area contributed by atoms with Crippen molar-refractivity contribution in [2.45, 2.75) is 32.9 Å². The molecule has 0 saturated carbocycles. The third-order valence-corrected chi connectivity index (χ3v) is 3.41. The number of aliphatic imine (C=N–C) groups is 1. The van der Waals surface area contributed by atoms with Gasteiger partial charge in [0.1, 0.15) is 5.75 Å². The second-order valence-electron chi connectivity index (χ2n) is 5.42. The molecule has 0 aliphatic rings. The largest absolute Gasteiger partial charge is 0.434 e. The van der Waals surface area contributed by atoms with Gasteiger partial charge in [-0.1, -0.05) is 31.5 Å². The summed E-state index contributed by atoms with van der Waals surface area (Å²) in [6.45, 7) is 2.59. The minimum absolute atomic E-state index is 0. The normalized spacial score (nSPS) is 11.2. The van der Waals surface area contributed by atoms with E-state index in [9.17, 15) is 8.78 Å². The maximum absolute atomic E-state index is 12.4. The van der Waals surface area contributed by atoms with Crippen molar-refractivity contribution in [2.75, 3.05) is 40.0 Å². The average molecular weight is 501 g/mol. The molecule has 0 spiro atoms. The van der Waals surface area contributed by atoms with Crippen molar-refractivity contribution in [1.29, 1.82) is 0 Å². The smallest absolute Gasteiger partial charge is 0.387 e. The van der Waals surface area contributed by atoms with Crippen molar-refractivity contribution in [3.8, 4) is 5.75 Å². The maximum atomic E-state index is 12.4. The first-order chi connectivity index (χ1) is 12.7. The van der Waals surface area contributed by atoms with Crippen LogP contribution in [0.4, 0.5) is 8.78 Å². The summed E-state index contributed by atoms with van der Waals surface area (Å²) in [7, 11) is 1.64. The molecule has 0 fully saturated rings. The van der Waals surface area contributed by atoms with Crippen LogP contribution in [0.5, 0.6) is 5.75 Å². The summed E-state index contributed by atoms with van der Waals surface area (Å²) in [6, 6.07) is 6.65. The van der Waals surface area contributed by atoms with E-state index < -0.39 is 6.61 Å². The number of nitrogens with zero attached hydrogens (tertiary/aromatic N) is 1. The molecule has 0 bridgehead atoms. The van der Waals surface area contributed by atoms with Crippen LogP contribution < -0.4 is 15.4 Å². The Morgan fingerprint density at radius 2 is 1.78 bits per heavy atom. The first kappa shape index (κ1) is 25.8. The van der Waals surface area contributed by atoms with E-state index in [4.69, 9.17) is 9.47 Å². The number of guanidine groups is 1. The molecule has 0 atom stereocenters. The number of unbranched alkanes of at least 4 members (excludes halogenated alkanes) is 1. The van der Waals surface area contributed by atoms with Crippen LogP contribution in [0.15, 0.2) is 29.3 Å². The van der Waals surface area contributed by atoms with Crippen LogP contribution in [0.3, 0.4) is 0 Å². The Bertz CT molecular complexity index is 522. The number of hydrogen-bond acceptors (Lipinski definition) is 4. The van der Waals surface area contributed by atoms with Crippen molar-refractivity contribution in [3.63, 3.8) is 0 Å². The summed E-state index contributed by atoms with van der Waals surface area (Å²) in [5.41, 5.74) is 0.622. The van der Waals surface area contributed by atoms with Crippen molar-refractivity contribution in [1.82, 2.24) is 10.6 Å². The monoisotopic (exact) mass is 501 g/mol. The van der Waals surface area contributed by atoms with Crippen LogP contribution in [-0.4, -0.2) is 52.6 Å². The summed E-state index contributed by atoms with van der Waals surface area (Å²) in [5.74, 6) is 0.705. The Hall–Kier alpha value is -1.20. The second kappa shape index (κ2) is 16.9. The van der Waals surface area contributed by atoms with Crippen molar-refractivity contribution >= 4 is 29.9 Å². The minimum Gasteiger partial charge on any atom is -0.434 e. The highest BCUT2D eigenvalue weighted by molar-refractivity contribution is 14.0. The zero-order valence-electron chi connectivity index (χ0n) is 15.9. The zero-order valence-corrected chi connectivity index (χ0v) is 18.2. The third-order valence-electron chi connectivity index (χ3n) is 3.41. The van der Waals surface area contributed by atoms with E-state index in [1.165, 1.54) is 6.07 Å². The lowest BCUT2D eigenvalue weighted by atomic mass is 10.2. The third kappa shape index (κ3) is 12.7. The fourth-order valence-electron chi connectivity index (χ4n) is 2.07. The van der Waals surface area contributed by atoms with Gasteiger partial charge in [0.2, 0.25) is 0 Å². The molecular weight excluding hydrogens is 471 g/mol. The summed E-state index contributed by atoms with van der Waals surface area (Å²) in [4.78, 5) is 4.09. The molecule has 27 heavy (non-hydrogen) atoms. The van der Waals surface area contributed by atoms with Crippen LogP contribution in [0, 0.1) is 0 Å². The van der Waals surface area contributed by atoms with Crippen LogP contribution in [0.1, 0.15) is 25.3 Å². The lowest BCUT2D eigenvalue weighted by Gasteiger charge is -2.14. The first-order valence-corrected chi connectivity index (χ1v) is 8.80. The Morgan fingerprint density at radius 3 is 2.44 bits per heavy atom. The molecular formula is C18H30F2IN3O3. The SMILES string of the molecule is CCCCOCCOCCNC(=NC)NCc1ccccc1OC(F)F.I. The highest BCUT2D eigenvalue weighted by Gasteiger charge is 2.09. The second-order valence-corrected chi connectivity index (χ2v) is 5.42. The number of hydrogen-bond donors (Lipinski definition) is 2. The molecule has 0 aromatic heterocycles. The molecule has 1 aromatic rings. The van der Waals surface area contributed by atoms with Crippen molar-refractivity contribution < 1.29 is 23.0 Å². The number of alkyl halides is 2. The van der Waals surface area contributed by atoms with Crippen LogP contribution in [-0.2, 0) is 16.0 Å². The number of halogens is 3. The molecule has 0 heterocycles. The molecule has 0 aliphatic carbocycles. The van der Waals surface area contributed by atoms with Gasteiger partial charge in [-0.3, -0.25) is 4.99 Å². The fraction of sp³-hybridized carbons (Fsp3) is 0.611. The Morgan fingerprint density at radius 1 is 1.07 bits per heavy atom. The number of ether oxygens (including phenoxy) is 3. The summed E-state index contributed by atoms with van der Waals surface area (Å²) >= 11 is 0. The van der Waals surface area contributed by atoms with Gasteiger partial charge in [-0.25, -0.2) is 0 Å². The Kier molecular flexibility index (Phi) is 16.2. The van der Waals surface area contributed by atoms with Gasteiger partial charge >= 0.3 is 6.61 Å². The molecule has 2 N–H and O–H groups in total. The van der Waals surface area contributed by atoms with Gasteiger partial charge in [0.05, 0.1) is 19.8 Å². The Balaban J connectivity index is 0.00000676. The van der Waals surface area contributed by atoms with Crippen LogP contribution >= 0.6 is 24.0 Å². The number of benzene rings is 1. The summed E-state index contributed by atoms with van der Waals surface area (Å²) in [5, 5.41) is 6.15. The van der Waals surface area contributed by atoms with Gasteiger partial charge in [0.25, 0.3) is 0 Å². The molecule has 0 amide bonds. The lowest BCUT2D eigenvalue weighted by Crippen LogP contribution is -2.38. The number of rotatable bonds is 13. The zero-order chi connectivity index (χ0) is 19.0. The van der Waals surface area contributed by atoms with E-state index in [-0.39, 0.29) is 29.7 Å². The number of para-hydroxylation sites is 1.